The molecule has 4 nitrogen and oxygen atoms in total. The van der Waals surface area contributed by atoms with E-state index in [0.717, 1.165) is 64.2 Å². The molecule has 0 unspecified atom stereocenters. The minimum Gasteiger partial charge on any atom is -0.465 e. The lowest BCUT2D eigenvalue weighted by molar-refractivity contribution is -0.155. The standard InChI is InChI=1S/C28H52O4/c1-21(2)27(5,6)17-9-11-19-31-25(29)23-13-15-24(16-14-23)26(30)32-20-12-10-18-28(7,8)22(3)4/h21-24H,9-20H2,1-8H3. The van der Waals surface area contributed by atoms with Crippen molar-refractivity contribution >= 4 is 11.9 Å². The lowest BCUT2D eigenvalue weighted by Gasteiger charge is -2.29. The van der Waals surface area contributed by atoms with Crippen molar-refractivity contribution in [1.29, 1.82) is 0 Å². The van der Waals surface area contributed by atoms with Crippen LogP contribution >= 0.6 is 0 Å². The molecule has 1 aliphatic rings. The Morgan fingerprint density at radius 2 is 0.969 bits per heavy atom. The summed E-state index contributed by atoms with van der Waals surface area (Å²) < 4.78 is 11.1. The van der Waals surface area contributed by atoms with Crippen molar-refractivity contribution in [2.45, 2.75) is 120 Å². The molecule has 0 bridgehead atoms. The number of rotatable bonds is 14. The molecule has 0 heterocycles. The number of unbranched alkanes of at least 4 members (excludes halogenated alkanes) is 2. The highest BCUT2D eigenvalue weighted by molar-refractivity contribution is 5.75. The number of ether oxygens (including phenoxy) is 2. The lowest BCUT2D eigenvalue weighted by atomic mass is 9.77. The summed E-state index contributed by atoms with van der Waals surface area (Å²) >= 11 is 0. The van der Waals surface area contributed by atoms with Crippen LogP contribution in [0.1, 0.15) is 120 Å². The number of carbonyl (C=O) groups is 2. The fourth-order valence-electron chi connectivity index (χ4n) is 4.09. The van der Waals surface area contributed by atoms with Gasteiger partial charge >= 0.3 is 11.9 Å². The Kier molecular flexibility index (Phi) is 12.3. The molecule has 0 aromatic heterocycles. The van der Waals surface area contributed by atoms with Crippen LogP contribution in [0.4, 0.5) is 0 Å². The van der Waals surface area contributed by atoms with Gasteiger partial charge in [-0.25, -0.2) is 0 Å². The summed E-state index contributed by atoms with van der Waals surface area (Å²) in [4.78, 5) is 24.8. The van der Waals surface area contributed by atoms with Gasteiger partial charge in [0.25, 0.3) is 0 Å². The molecule has 4 heteroatoms. The molecule has 1 saturated carbocycles. The summed E-state index contributed by atoms with van der Waals surface area (Å²) in [5.41, 5.74) is 0.670. The molecule has 0 radical (unpaired) electrons. The fraction of sp³-hybridized carbons (Fsp3) is 0.929. The second-order valence-corrected chi connectivity index (χ2v) is 12.1. The molecule has 0 N–H and O–H groups in total. The van der Waals surface area contributed by atoms with Crippen molar-refractivity contribution in [3.8, 4) is 0 Å². The zero-order chi connectivity index (χ0) is 24.4. The number of hydrogen-bond acceptors (Lipinski definition) is 4. The highest BCUT2D eigenvalue weighted by Gasteiger charge is 2.31. The molecule has 32 heavy (non-hydrogen) atoms. The molecule has 1 aliphatic carbocycles. The van der Waals surface area contributed by atoms with Gasteiger partial charge in [-0.2, -0.15) is 0 Å². The normalized spacial score (nSPS) is 19.9. The van der Waals surface area contributed by atoms with Crippen LogP contribution in [0.2, 0.25) is 0 Å². The predicted octanol–water partition coefficient (Wildman–Crippen LogP) is 7.58. The van der Waals surface area contributed by atoms with Crippen LogP contribution < -0.4 is 0 Å². The maximum atomic E-state index is 12.4. The average molecular weight is 453 g/mol. The second kappa shape index (κ2) is 13.6. The van der Waals surface area contributed by atoms with E-state index < -0.39 is 0 Å². The first-order valence-electron chi connectivity index (χ1n) is 13.2. The van der Waals surface area contributed by atoms with Crippen LogP contribution in [0.15, 0.2) is 0 Å². The van der Waals surface area contributed by atoms with Gasteiger partial charge in [0.05, 0.1) is 25.0 Å². The molecule has 0 spiro atoms. The van der Waals surface area contributed by atoms with Crippen molar-refractivity contribution in [2.75, 3.05) is 13.2 Å². The van der Waals surface area contributed by atoms with Crippen molar-refractivity contribution in [1.82, 2.24) is 0 Å². The van der Waals surface area contributed by atoms with Gasteiger partial charge in [0, 0.05) is 0 Å². The largest absolute Gasteiger partial charge is 0.465 e. The monoisotopic (exact) mass is 452 g/mol. The van der Waals surface area contributed by atoms with Crippen molar-refractivity contribution < 1.29 is 19.1 Å². The van der Waals surface area contributed by atoms with E-state index in [1.165, 1.54) is 0 Å². The molecule has 0 aliphatic heterocycles. The Hall–Kier alpha value is -1.06. The second-order valence-electron chi connectivity index (χ2n) is 12.1. The molecule has 0 atom stereocenters. The van der Waals surface area contributed by atoms with Gasteiger partial charge in [0.15, 0.2) is 0 Å². The highest BCUT2D eigenvalue weighted by atomic mass is 16.5. The van der Waals surface area contributed by atoms with E-state index in [1.54, 1.807) is 0 Å². The zero-order valence-electron chi connectivity index (χ0n) is 22.4. The first kappa shape index (κ1) is 29.0. The van der Waals surface area contributed by atoms with E-state index in [2.05, 4.69) is 55.4 Å². The average Bonchev–Trinajstić information content (AvgIpc) is 2.72. The van der Waals surface area contributed by atoms with E-state index in [9.17, 15) is 9.59 Å². The highest BCUT2D eigenvalue weighted by Crippen LogP contribution is 2.33. The van der Waals surface area contributed by atoms with Crippen LogP contribution in [0.25, 0.3) is 0 Å². The van der Waals surface area contributed by atoms with E-state index >= 15 is 0 Å². The summed E-state index contributed by atoms with van der Waals surface area (Å²) in [6, 6.07) is 0. The molecule has 0 saturated heterocycles. The maximum Gasteiger partial charge on any atom is 0.308 e. The van der Waals surface area contributed by atoms with E-state index in [4.69, 9.17) is 9.47 Å². The SMILES string of the molecule is CC(C)C(C)(C)CCCCOC(=O)C1CCC(C(=O)OCCCCC(C)(C)C(C)C)CC1. The summed E-state index contributed by atoms with van der Waals surface area (Å²) in [6.45, 7) is 19.3. The first-order valence-corrected chi connectivity index (χ1v) is 13.2. The van der Waals surface area contributed by atoms with E-state index in [-0.39, 0.29) is 23.8 Å². The van der Waals surface area contributed by atoms with Crippen LogP contribution in [-0.4, -0.2) is 25.2 Å². The minimum atomic E-state index is -0.0762. The Balaban J connectivity index is 2.16. The van der Waals surface area contributed by atoms with Gasteiger partial charge in [-0.3, -0.25) is 9.59 Å². The molecule has 188 valence electrons. The van der Waals surface area contributed by atoms with Gasteiger partial charge in [0.1, 0.15) is 0 Å². The first-order chi connectivity index (χ1) is 14.9. The third kappa shape index (κ3) is 10.3. The van der Waals surface area contributed by atoms with Crippen molar-refractivity contribution in [3.05, 3.63) is 0 Å². The van der Waals surface area contributed by atoms with Crippen LogP contribution in [0.5, 0.6) is 0 Å². The van der Waals surface area contributed by atoms with Crippen molar-refractivity contribution in [3.63, 3.8) is 0 Å². The third-order valence-corrected chi connectivity index (χ3v) is 8.44. The summed E-state index contributed by atoms with van der Waals surface area (Å²) in [6.07, 6.45) is 9.30. The fourth-order valence-corrected chi connectivity index (χ4v) is 4.09. The topological polar surface area (TPSA) is 52.6 Å². The Bertz CT molecular complexity index is 504. The van der Waals surface area contributed by atoms with Gasteiger partial charge in [-0.05, 0) is 86.9 Å². The van der Waals surface area contributed by atoms with Crippen LogP contribution in [-0.2, 0) is 19.1 Å². The third-order valence-electron chi connectivity index (χ3n) is 8.44. The van der Waals surface area contributed by atoms with Gasteiger partial charge < -0.3 is 9.47 Å². The Labute approximate surface area is 198 Å². The molecular formula is C28H52O4. The molecular weight excluding hydrogens is 400 g/mol. The smallest absolute Gasteiger partial charge is 0.308 e. The predicted molar refractivity (Wildman–Crippen MR) is 132 cm³/mol. The maximum absolute atomic E-state index is 12.4. The zero-order valence-corrected chi connectivity index (χ0v) is 22.4. The van der Waals surface area contributed by atoms with Crippen LogP contribution in [0.3, 0.4) is 0 Å². The molecule has 1 rings (SSSR count). The van der Waals surface area contributed by atoms with Gasteiger partial charge in [-0.1, -0.05) is 55.4 Å². The summed E-state index contributed by atoms with van der Waals surface area (Å²) in [7, 11) is 0. The molecule has 0 aromatic rings. The number of carbonyl (C=O) groups excluding carboxylic acids is 2. The Morgan fingerprint density at radius 3 is 1.25 bits per heavy atom. The van der Waals surface area contributed by atoms with Crippen LogP contribution in [0, 0.1) is 34.5 Å². The molecule has 1 fully saturated rings. The van der Waals surface area contributed by atoms with E-state index in [0.29, 0.717) is 35.9 Å². The lowest BCUT2D eigenvalue weighted by Crippen LogP contribution is -2.28. The molecule has 0 amide bonds. The Morgan fingerprint density at radius 1 is 0.656 bits per heavy atom. The molecule has 0 aromatic carbocycles. The van der Waals surface area contributed by atoms with Gasteiger partial charge in [0.2, 0.25) is 0 Å². The van der Waals surface area contributed by atoms with Gasteiger partial charge in [-0.15, -0.1) is 0 Å². The summed E-state index contributed by atoms with van der Waals surface area (Å²) in [5, 5.41) is 0. The quantitative estimate of drug-likeness (QED) is 0.201. The number of hydrogen-bond donors (Lipinski definition) is 0. The number of esters is 2. The summed E-state index contributed by atoms with van der Waals surface area (Å²) in [5.74, 6) is 1.06. The minimum absolute atomic E-state index is 0.0515. The van der Waals surface area contributed by atoms with E-state index in [1.807, 2.05) is 0 Å². The van der Waals surface area contributed by atoms with Crippen molar-refractivity contribution in [2.24, 2.45) is 34.5 Å².